The van der Waals surface area contributed by atoms with E-state index in [4.69, 9.17) is 10.8 Å². The number of rotatable bonds is 3. The molecule has 2 fully saturated rings. The molecule has 0 spiro atoms. The first-order valence-electron chi connectivity index (χ1n) is 6.57. The van der Waals surface area contributed by atoms with Crippen molar-refractivity contribution in [3.63, 3.8) is 0 Å². The molecule has 0 aromatic carbocycles. The number of hydrogen-bond acceptors (Lipinski definition) is 2. The van der Waals surface area contributed by atoms with E-state index in [1.807, 2.05) is 0 Å². The summed E-state index contributed by atoms with van der Waals surface area (Å²) in [6.45, 7) is 0.544. The van der Waals surface area contributed by atoms with Crippen LogP contribution in [0.4, 0.5) is 0 Å². The van der Waals surface area contributed by atoms with E-state index < -0.39 is 5.97 Å². The molecule has 2 aliphatic rings. The Labute approximate surface area is 97.4 Å². The summed E-state index contributed by atoms with van der Waals surface area (Å²) in [5, 5.41) is 9.00. The van der Waals surface area contributed by atoms with Gasteiger partial charge in [-0.05, 0) is 43.1 Å². The average Bonchev–Trinajstić information content (AvgIpc) is 2.28. The van der Waals surface area contributed by atoms with Crippen LogP contribution in [0.25, 0.3) is 0 Å². The van der Waals surface area contributed by atoms with Crippen molar-refractivity contribution >= 4 is 5.97 Å². The van der Waals surface area contributed by atoms with Gasteiger partial charge in [0.25, 0.3) is 0 Å². The number of carboxylic acid groups (broad SMARTS) is 1. The fourth-order valence-electron chi connectivity index (χ4n) is 3.82. The van der Waals surface area contributed by atoms with E-state index in [1.165, 1.54) is 32.1 Å². The molecule has 0 amide bonds. The normalized spacial score (nSPS) is 39.1. The van der Waals surface area contributed by atoms with E-state index in [0.29, 0.717) is 6.54 Å². The van der Waals surface area contributed by atoms with Crippen LogP contribution in [0.3, 0.4) is 0 Å². The molecular formula is C13H23NO2. The van der Waals surface area contributed by atoms with E-state index in [9.17, 15) is 4.79 Å². The molecule has 92 valence electrons. The Balaban J connectivity index is 2.03. The van der Waals surface area contributed by atoms with Crippen LogP contribution >= 0.6 is 0 Å². The van der Waals surface area contributed by atoms with Crippen LogP contribution in [0, 0.1) is 17.3 Å². The number of carboxylic acids is 1. The highest BCUT2D eigenvalue weighted by Crippen LogP contribution is 2.49. The van der Waals surface area contributed by atoms with Gasteiger partial charge in [-0.2, -0.15) is 0 Å². The van der Waals surface area contributed by atoms with Crippen LogP contribution < -0.4 is 5.73 Å². The number of fused-ring (bicyclic) bond motifs is 1. The third kappa shape index (κ3) is 2.40. The molecule has 0 aromatic rings. The van der Waals surface area contributed by atoms with Crippen LogP contribution in [-0.2, 0) is 4.79 Å². The molecule has 0 saturated heterocycles. The molecule has 0 heterocycles. The predicted octanol–water partition coefficient (Wildman–Crippen LogP) is 2.40. The zero-order chi connectivity index (χ0) is 11.6. The second kappa shape index (κ2) is 4.74. The molecule has 2 rings (SSSR count). The molecule has 2 saturated carbocycles. The van der Waals surface area contributed by atoms with E-state index in [1.54, 1.807) is 0 Å². The second-order valence-corrected chi connectivity index (χ2v) is 5.82. The molecule has 3 nitrogen and oxygen atoms in total. The Bertz CT molecular complexity index is 267. The molecule has 3 atom stereocenters. The number of nitrogens with two attached hydrogens (primary N) is 1. The SMILES string of the molecule is NC[C@@]1(CC(=O)O)CC[C@H]2CCCC[C@H]2C1. The van der Waals surface area contributed by atoms with Gasteiger partial charge in [-0.15, -0.1) is 0 Å². The fourth-order valence-corrected chi connectivity index (χ4v) is 3.82. The van der Waals surface area contributed by atoms with Gasteiger partial charge in [-0.3, -0.25) is 4.79 Å². The van der Waals surface area contributed by atoms with Crippen molar-refractivity contribution < 1.29 is 9.90 Å². The summed E-state index contributed by atoms with van der Waals surface area (Å²) in [5.41, 5.74) is 5.75. The summed E-state index contributed by atoms with van der Waals surface area (Å²) in [4.78, 5) is 10.9. The Morgan fingerprint density at radius 1 is 1.25 bits per heavy atom. The van der Waals surface area contributed by atoms with Crippen molar-refractivity contribution in [1.29, 1.82) is 0 Å². The summed E-state index contributed by atoms with van der Waals surface area (Å²) in [5.74, 6) is 0.937. The van der Waals surface area contributed by atoms with Crippen LogP contribution in [0.5, 0.6) is 0 Å². The first kappa shape index (κ1) is 11.9. The summed E-state index contributed by atoms with van der Waals surface area (Å²) >= 11 is 0. The van der Waals surface area contributed by atoms with Crippen LogP contribution in [-0.4, -0.2) is 17.6 Å². The van der Waals surface area contributed by atoms with Crippen LogP contribution in [0.2, 0.25) is 0 Å². The minimum absolute atomic E-state index is 0.0929. The van der Waals surface area contributed by atoms with Gasteiger partial charge in [0.15, 0.2) is 0 Å². The molecule has 0 aromatic heterocycles. The van der Waals surface area contributed by atoms with E-state index >= 15 is 0 Å². The molecule has 0 aliphatic heterocycles. The highest BCUT2D eigenvalue weighted by Gasteiger charge is 2.41. The monoisotopic (exact) mass is 225 g/mol. The van der Waals surface area contributed by atoms with Crippen molar-refractivity contribution in [2.45, 2.75) is 51.4 Å². The topological polar surface area (TPSA) is 63.3 Å². The predicted molar refractivity (Wildman–Crippen MR) is 63.0 cm³/mol. The van der Waals surface area contributed by atoms with Gasteiger partial charge in [0, 0.05) is 0 Å². The van der Waals surface area contributed by atoms with Gasteiger partial charge in [0.2, 0.25) is 0 Å². The highest BCUT2D eigenvalue weighted by molar-refractivity contribution is 5.67. The lowest BCUT2D eigenvalue weighted by Gasteiger charge is -2.45. The Morgan fingerprint density at radius 3 is 2.56 bits per heavy atom. The molecular weight excluding hydrogens is 202 g/mol. The molecule has 0 unspecified atom stereocenters. The van der Waals surface area contributed by atoms with Crippen molar-refractivity contribution in [2.75, 3.05) is 6.54 Å². The Morgan fingerprint density at radius 2 is 1.94 bits per heavy atom. The third-order valence-electron chi connectivity index (χ3n) is 4.77. The van der Waals surface area contributed by atoms with Crippen LogP contribution in [0.1, 0.15) is 51.4 Å². The first-order chi connectivity index (χ1) is 7.65. The lowest BCUT2D eigenvalue weighted by molar-refractivity contribution is -0.141. The summed E-state index contributed by atoms with van der Waals surface area (Å²) < 4.78 is 0. The van der Waals surface area contributed by atoms with Crippen molar-refractivity contribution in [3.8, 4) is 0 Å². The maximum absolute atomic E-state index is 10.9. The van der Waals surface area contributed by atoms with Crippen LogP contribution in [0.15, 0.2) is 0 Å². The lowest BCUT2D eigenvalue weighted by Crippen LogP contribution is -2.41. The van der Waals surface area contributed by atoms with E-state index in [-0.39, 0.29) is 11.8 Å². The maximum atomic E-state index is 10.9. The average molecular weight is 225 g/mol. The number of carbonyl (C=O) groups is 1. The standard InChI is InChI=1S/C13H23NO2/c14-9-13(8-12(15)16)6-5-10-3-1-2-4-11(10)7-13/h10-11H,1-9,14H2,(H,15,16)/t10-,11+,13+/m1/s1. The zero-order valence-electron chi connectivity index (χ0n) is 9.95. The molecule has 3 N–H and O–H groups in total. The molecule has 2 aliphatic carbocycles. The number of hydrogen-bond donors (Lipinski definition) is 2. The largest absolute Gasteiger partial charge is 0.481 e. The molecule has 0 radical (unpaired) electrons. The summed E-state index contributed by atoms with van der Waals surface area (Å²) in [6.07, 6.45) is 8.91. The third-order valence-corrected chi connectivity index (χ3v) is 4.77. The van der Waals surface area contributed by atoms with Gasteiger partial charge in [-0.25, -0.2) is 0 Å². The first-order valence-corrected chi connectivity index (χ1v) is 6.57. The fraction of sp³-hybridized carbons (Fsp3) is 0.923. The van der Waals surface area contributed by atoms with Gasteiger partial charge in [0.1, 0.15) is 0 Å². The van der Waals surface area contributed by atoms with Crippen molar-refractivity contribution in [2.24, 2.45) is 23.0 Å². The van der Waals surface area contributed by atoms with Gasteiger partial charge in [0.05, 0.1) is 6.42 Å². The van der Waals surface area contributed by atoms with E-state index in [0.717, 1.165) is 24.7 Å². The molecule has 3 heteroatoms. The quantitative estimate of drug-likeness (QED) is 0.775. The minimum Gasteiger partial charge on any atom is -0.481 e. The molecule has 16 heavy (non-hydrogen) atoms. The summed E-state index contributed by atoms with van der Waals surface area (Å²) in [7, 11) is 0. The van der Waals surface area contributed by atoms with Gasteiger partial charge in [-0.1, -0.05) is 25.7 Å². The number of aliphatic carboxylic acids is 1. The lowest BCUT2D eigenvalue weighted by atomic mass is 9.60. The maximum Gasteiger partial charge on any atom is 0.303 e. The van der Waals surface area contributed by atoms with Crippen molar-refractivity contribution in [3.05, 3.63) is 0 Å². The van der Waals surface area contributed by atoms with Gasteiger partial charge < -0.3 is 10.8 Å². The minimum atomic E-state index is -0.681. The smallest absolute Gasteiger partial charge is 0.303 e. The summed E-state index contributed by atoms with van der Waals surface area (Å²) in [6, 6.07) is 0. The zero-order valence-corrected chi connectivity index (χ0v) is 9.95. The van der Waals surface area contributed by atoms with Gasteiger partial charge >= 0.3 is 5.97 Å². The highest BCUT2D eigenvalue weighted by atomic mass is 16.4. The Kier molecular flexibility index (Phi) is 3.53. The van der Waals surface area contributed by atoms with Crippen molar-refractivity contribution in [1.82, 2.24) is 0 Å². The van der Waals surface area contributed by atoms with E-state index in [2.05, 4.69) is 0 Å². The Hall–Kier alpha value is -0.570. The second-order valence-electron chi connectivity index (χ2n) is 5.82. The molecule has 0 bridgehead atoms.